The minimum atomic E-state index is 0.234. The molecule has 0 saturated heterocycles. The van der Waals surface area contributed by atoms with Crippen LogP contribution in [0.1, 0.15) is 25.5 Å². The number of rotatable bonds is 7. The molecule has 0 spiro atoms. The molecule has 0 bridgehead atoms. The van der Waals surface area contributed by atoms with Gasteiger partial charge < -0.3 is 19.5 Å². The molecule has 1 unspecified atom stereocenters. The van der Waals surface area contributed by atoms with Gasteiger partial charge in [-0.15, -0.1) is 0 Å². The smallest absolute Gasteiger partial charge is 0.188 e. The third-order valence-electron chi connectivity index (χ3n) is 2.53. The van der Waals surface area contributed by atoms with E-state index in [2.05, 4.69) is 19.2 Å². The third-order valence-corrected chi connectivity index (χ3v) is 2.53. The summed E-state index contributed by atoms with van der Waals surface area (Å²) >= 11 is 0. The summed E-state index contributed by atoms with van der Waals surface area (Å²) in [7, 11) is 3.25. The van der Waals surface area contributed by atoms with E-state index in [0.29, 0.717) is 0 Å². The van der Waals surface area contributed by atoms with Crippen molar-refractivity contribution in [2.45, 2.75) is 19.9 Å². The Bertz CT molecular complexity index is 341. The highest BCUT2D eigenvalue weighted by Gasteiger charge is 2.12. The van der Waals surface area contributed by atoms with Crippen molar-refractivity contribution in [2.24, 2.45) is 0 Å². The maximum Gasteiger partial charge on any atom is 0.188 e. The molecule has 0 aliphatic heterocycles. The number of hydrogen-bond donors (Lipinski definition) is 1. The maximum atomic E-state index is 5.55. The first-order chi connectivity index (χ1) is 8.22. The van der Waals surface area contributed by atoms with Gasteiger partial charge in [-0.25, -0.2) is 0 Å². The third kappa shape index (κ3) is 3.91. The summed E-state index contributed by atoms with van der Waals surface area (Å²) in [6.45, 7) is 5.33. The number of hydrogen-bond acceptors (Lipinski definition) is 4. The molecular formula is C13H21NO3. The van der Waals surface area contributed by atoms with Gasteiger partial charge in [0.1, 0.15) is 11.5 Å². The molecule has 0 aliphatic carbocycles. The first kappa shape index (κ1) is 13.8. The van der Waals surface area contributed by atoms with Crippen LogP contribution in [0.4, 0.5) is 0 Å². The Labute approximate surface area is 103 Å². The van der Waals surface area contributed by atoms with Crippen LogP contribution in [0.2, 0.25) is 0 Å². The molecule has 0 radical (unpaired) electrons. The van der Waals surface area contributed by atoms with Gasteiger partial charge in [0.05, 0.1) is 7.11 Å². The van der Waals surface area contributed by atoms with E-state index in [4.69, 9.17) is 14.2 Å². The fraction of sp³-hybridized carbons (Fsp3) is 0.538. The summed E-state index contributed by atoms with van der Waals surface area (Å²) in [5, 5.41) is 3.35. The quantitative estimate of drug-likeness (QED) is 0.741. The number of nitrogens with one attached hydrogen (secondary N) is 1. The predicted octanol–water partition coefficient (Wildman–Crippen LogP) is 2.35. The molecule has 0 amide bonds. The van der Waals surface area contributed by atoms with E-state index < -0.39 is 0 Å². The molecule has 0 heterocycles. The molecule has 1 aromatic carbocycles. The molecule has 4 nitrogen and oxygen atoms in total. The summed E-state index contributed by atoms with van der Waals surface area (Å²) in [4.78, 5) is 0. The molecule has 0 aliphatic rings. The van der Waals surface area contributed by atoms with E-state index in [1.165, 1.54) is 0 Å². The molecule has 1 N–H and O–H groups in total. The van der Waals surface area contributed by atoms with E-state index >= 15 is 0 Å². The molecule has 1 rings (SSSR count). The monoisotopic (exact) mass is 239 g/mol. The van der Waals surface area contributed by atoms with Gasteiger partial charge in [0.2, 0.25) is 0 Å². The maximum absolute atomic E-state index is 5.55. The Kier molecular flexibility index (Phi) is 5.80. The van der Waals surface area contributed by atoms with E-state index in [1.54, 1.807) is 14.2 Å². The van der Waals surface area contributed by atoms with Crippen molar-refractivity contribution in [1.82, 2.24) is 5.32 Å². The van der Waals surface area contributed by atoms with Crippen LogP contribution in [0.5, 0.6) is 11.5 Å². The van der Waals surface area contributed by atoms with Crippen LogP contribution in [0.3, 0.4) is 0 Å². The average Bonchev–Trinajstić information content (AvgIpc) is 2.36. The van der Waals surface area contributed by atoms with Crippen LogP contribution in [-0.4, -0.2) is 27.6 Å². The molecule has 17 heavy (non-hydrogen) atoms. The van der Waals surface area contributed by atoms with Crippen LogP contribution < -0.4 is 14.8 Å². The summed E-state index contributed by atoms with van der Waals surface area (Å²) in [6, 6.07) is 6.06. The topological polar surface area (TPSA) is 39.7 Å². The van der Waals surface area contributed by atoms with Crippen molar-refractivity contribution < 1.29 is 14.2 Å². The van der Waals surface area contributed by atoms with Crippen LogP contribution in [0.25, 0.3) is 0 Å². The predicted molar refractivity (Wildman–Crippen MR) is 67.6 cm³/mol. The lowest BCUT2D eigenvalue weighted by atomic mass is 10.1. The van der Waals surface area contributed by atoms with Crippen molar-refractivity contribution in [3.8, 4) is 11.5 Å². The fourth-order valence-electron chi connectivity index (χ4n) is 1.66. The van der Waals surface area contributed by atoms with Gasteiger partial charge in [-0.2, -0.15) is 0 Å². The van der Waals surface area contributed by atoms with E-state index in [9.17, 15) is 0 Å². The van der Waals surface area contributed by atoms with Crippen molar-refractivity contribution >= 4 is 0 Å². The normalized spacial score (nSPS) is 12.2. The van der Waals surface area contributed by atoms with Gasteiger partial charge in [0.25, 0.3) is 0 Å². The zero-order valence-corrected chi connectivity index (χ0v) is 10.9. The number of methoxy groups -OCH3 is 2. The molecule has 0 saturated carbocycles. The summed E-state index contributed by atoms with van der Waals surface area (Å²) in [6.07, 6.45) is 0. The van der Waals surface area contributed by atoms with E-state index in [-0.39, 0.29) is 12.8 Å². The molecular weight excluding hydrogens is 218 g/mol. The minimum absolute atomic E-state index is 0.234. The van der Waals surface area contributed by atoms with E-state index in [0.717, 1.165) is 23.6 Å². The van der Waals surface area contributed by atoms with E-state index in [1.807, 2.05) is 18.2 Å². The SMILES string of the molecule is CCNC(C)c1ccc(OC)cc1OCOC. The number of ether oxygens (including phenoxy) is 3. The second-order valence-corrected chi connectivity index (χ2v) is 3.73. The van der Waals surface area contributed by atoms with Crippen molar-refractivity contribution in [2.75, 3.05) is 27.6 Å². The molecule has 1 aromatic rings. The molecule has 96 valence electrons. The minimum Gasteiger partial charge on any atom is -0.497 e. The Morgan fingerprint density at radius 1 is 1.29 bits per heavy atom. The highest BCUT2D eigenvalue weighted by Crippen LogP contribution is 2.29. The second kappa shape index (κ2) is 7.14. The Hall–Kier alpha value is -1.26. The van der Waals surface area contributed by atoms with Gasteiger partial charge >= 0.3 is 0 Å². The second-order valence-electron chi connectivity index (χ2n) is 3.73. The van der Waals surface area contributed by atoms with Crippen molar-refractivity contribution in [3.63, 3.8) is 0 Å². The summed E-state index contributed by atoms with van der Waals surface area (Å²) < 4.78 is 15.7. The first-order valence-corrected chi connectivity index (χ1v) is 5.76. The number of benzene rings is 1. The lowest BCUT2D eigenvalue weighted by Gasteiger charge is -2.18. The Morgan fingerprint density at radius 2 is 2.06 bits per heavy atom. The zero-order valence-electron chi connectivity index (χ0n) is 10.9. The van der Waals surface area contributed by atoms with Gasteiger partial charge in [-0.05, 0) is 19.5 Å². The summed E-state index contributed by atoms with van der Waals surface area (Å²) in [5.74, 6) is 1.57. The highest BCUT2D eigenvalue weighted by molar-refractivity contribution is 5.42. The van der Waals surface area contributed by atoms with Crippen LogP contribution in [-0.2, 0) is 4.74 Å². The molecule has 0 fully saturated rings. The van der Waals surface area contributed by atoms with Gasteiger partial charge in [0.15, 0.2) is 6.79 Å². The van der Waals surface area contributed by atoms with Gasteiger partial charge in [-0.1, -0.05) is 13.0 Å². The molecule has 0 aromatic heterocycles. The van der Waals surface area contributed by atoms with Gasteiger partial charge in [-0.3, -0.25) is 0 Å². The zero-order chi connectivity index (χ0) is 12.7. The van der Waals surface area contributed by atoms with Crippen LogP contribution >= 0.6 is 0 Å². The molecule has 1 atom stereocenters. The van der Waals surface area contributed by atoms with Crippen molar-refractivity contribution in [1.29, 1.82) is 0 Å². The lowest BCUT2D eigenvalue weighted by molar-refractivity contribution is 0.0499. The standard InChI is InChI=1S/C13H21NO3/c1-5-14-10(2)12-7-6-11(16-4)8-13(12)17-9-15-3/h6-8,10,14H,5,9H2,1-4H3. The lowest BCUT2D eigenvalue weighted by Crippen LogP contribution is -2.18. The van der Waals surface area contributed by atoms with Crippen molar-refractivity contribution in [3.05, 3.63) is 23.8 Å². The van der Waals surface area contributed by atoms with Crippen LogP contribution in [0, 0.1) is 0 Å². The van der Waals surface area contributed by atoms with Crippen LogP contribution in [0.15, 0.2) is 18.2 Å². The highest BCUT2D eigenvalue weighted by atomic mass is 16.7. The fourth-order valence-corrected chi connectivity index (χ4v) is 1.66. The average molecular weight is 239 g/mol. The Morgan fingerprint density at radius 3 is 2.65 bits per heavy atom. The Balaban J connectivity index is 2.92. The first-order valence-electron chi connectivity index (χ1n) is 5.76. The largest absolute Gasteiger partial charge is 0.497 e. The summed E-state index contributed by atoms with van der Waals surface area (Å²) in [5.41, 5.74) is 1.10. The van der Waals surface area contributed by atoms with Gasteiger partial charge in [0, 0.05) is 24.8 Å². The molecule has 4 heteroatoms.